The van der Waals surface area contributed by atoms with Gasteiger partial charge in [-0.1, -0.05) is 13.8 Å². The number of carbonyl (C=O) groups is 1. The summed E-state index contributed by atoms with van der Waals surface area (Å²) in [4.78, 5) is 14.2. The van der Waals surface area contributed by atoms with Crippen LogP contribution in [-0.4, -0.2) is 43.5 Å². The van der Waals surface area contributed by atoms with Crippen molar-refractivity contribution in [2.75, 3.05) is 27.3 Å². The second-order valence-corrected chi connectivity index (χ2v) is 3.49. The van der Waals surface area contributed by atoms with Gasteiger partial charge < -0.3 is 4.90 Å². The first-order chi connectivity index (χ1) is 5.06. The molecule has 66 valence electrons. The Labute approximate surface area is 69.0 Å². The Bertz CT molecular complexity index is 103. The molecule has 0 radical (unpaired) electrons. The van der Waals surface area contributed by atoms with Crippen LogP contribution < -0.4 is 0 Å². The van der Waals surface area contributed by atoms with Gasteiger partial charge in [0.2, 0.25) is 6.41 Å². The molecule has 0 aromatic carbocycles. The number of nitrogens with zero attached hydrogens (tertiary/aromatic N) is 2. The number of hydrogen-bond donors (Lipinski definition) is 0. The van der Waals surface area contributed by atoms with Gasteiger partial charge in [-0.15, -0.1) is 0 Å². The second kappa shape index (κ2) is 5.13. The average Bonchev–Trinajstić information content (AvgIpc) is 1.84. The first-order valence-electron chi connectivity index (χ1n) is 3.90. The van der Waals surface area contributed by atoms with E-state index in [9.17, 15) is 4.79 Å². The van der Waals surface area contributed by atoms with Gasteiger partial charge in [0.05, 0.1) is 6.67 Å². The van der Waals surface area contributed by atoms with Crippen LogP contribution in [0.2, 0.25) is 0 Å². The zero-order valence-electron chi connectivity index (χ0n) is 7.87. The maximum atomic E-state index is 10.5. The van der Waals surface area contributed by atoms with Crippen LogP contribution in [-0.2, 0) is 4.79 Å². The van der Waals surface area contributed by atoms with E-state index in [1.807, 2.05) is 19.0 Å². The molecule has 1 amide bonds. The van der Waals surface area contributed by atoms with Crippen LogP contribution in [0.4, 0.5) is 0 Å². The van der Waals surface area contributed by atoms with Crippen LogP contribution >= 0.6 is 0 Å². The van der Waals surface area contributed by atoms with E-state index in [4.69, 9.17) is 0 Å². The molecule has 0 bridgehead atoms. The van der Waals surface area contributed by atoms with E-state index >= 15 is 0 Å². The molecular weight excluding hydrogens is 140 g/mol. The highest BCUT2D eigenvalue weighted by molar-refractivity contribution is 5.46. The molecule has 0 aromatic heterocycles. The molecule has 11 heavy (non-hydrogen) atoms. The van der Waals surface area contributed by atoms with Gasteiger partial charge in [0.25, 0.3) is 0 Å². The van der Waals surface area contributed by atoms with Crippen molar-refractivity contribution < 1.29 is 4.79 Å². The Kier molecular flexibility index (Phi) is 4.86. The summed E-state index contributed by atoms with van der Waals surface area (Å²) >= 11 is 0. The lowest BCUT2D eigenvalue weighted by atomic mass is 10.2. The Hall–Kier alpha value is -0.570. The maximum Gasteiger partial charge on any atom is 0.210 e. The number of hydrogen-bond acceptors (Lipinski definition) is 2. The van der Waals surface area contributed by atoms with E-state index in [0.29, 0.717) is 12.6 Å². The normalized spacial score (nSPS) is 10.7. The molecule has 0 aliphatic carbocycles. The smallest absolute Gasteiger partial charge is 0.210 e. The fourth-order valence-corrected chi connectivity index (χ4v) is 0.966. The Morgan fingerprint density at radius 1 is 1.36 bits per heavy atom. The van der Waals surface area contributed by atoms with Gasteiger partial charge in [-0.2, -0.15) is 0 Å². The van der Waals surface area contributed by atoms with Crippen molar-refractivity contribution in [2.24, 2.45) is 5.92 Å². The number of carbonyl (C=O) groups excluding carboxylic acids is 1. The zero-order valence-corrected chi connectivity index (χ0v) is 7.87. The van der Waals surface area contributed by atoms with Gasteiger partial charge >= 0.3 is 0 Å². The van der Waals surface area contributed by atoms with Crippen molar-refractivity contribution in [3.63, 3.8) is 0 Å². The lowest BCUT2D eigenvalue weighted by molar-refractivity contribution is -0.120. The third-order valence-corrected chi connectivity index (χ3v) is 1.21. The molecule has 3 heteroatoms. The van der Waals surface area contributed by atoms with Gasteiger partial charge in [-0.25, -0.2) is 0 Å². The van der Waals surface area contributed by atoms with Crippen molar-refractivity contribution in [3.05, 3.63) is 0 Å². The zero-order chi connectivity index (χ0) is 8.85. The van der Waals surface area contributed by atoms with E-state index in [0.717, 1.165) is 13.0 Å². The monoisotopic (exact) mass is 158 g/mol. The minimum absolute atomic E-state index is 0.542. The summed E-state index contributed by atoms with van der Waals surface area (Å²) in [6.07, 6.45) is 0.903. The third kappa shape index (κ3) is 5.85. The van der Waals surface area contributed by atoms with Gasteiger partial charge in [-0.05, 0) is 20.0 Å². The van der Waals surface area contributed by atoms with Crippen LogP contribution in [0.25, 0.3) is 0 Å². The molecule has 0 aromatic rings. The molecule has 0 unspecified atom stereocenters. The molecule has 3 nitrogen and oxygen atoms in total. The quantitative estimate of drug-likeness (QED) is 0.432. The lowest BCUT2D eigenvalue weighted by Gasteiger charge is -2.22. The molecule has 0 rings (SSSR count). The summed E-state index contributed by atoms with van der Waals surface area (Å²) in [7, 11) is 3.91. The topological polar surface area (TPSA) is 23.6 Å². The molecule has 0 saturated carbocycles. The average molecular weight is 158 g/mol. The van der Waals surface area contributed by atoms with E-state index in [1.54, 1.807) is 4.90 Å². The Morgan fingerprint density at radius 3 is 2.18 bits per heavy atom. The summed E-state index contributed by atoms with van der Waals surface area (Å²) in [5.41, 5.74) is 0. The van der Waals surface area contributed by atoms with Gasteiger partial charge in [0.1, 0.15) is 0 Å². The predicted octanol–water partition coefficient (Wildman–Crippen LogP) is 0.620. The van der Waals surface area contributed by atoms with Crippen LogP contribution in [0.5, 0.6) is 0 Å². The van der Waals surface area contributed by atoms with Crippen LogP contribution in [0.15, 0.2) is 0 Å². The largest absolute Gasteiger partial charge is 0.332 e. The highest BCUT2D eigenvalue weighted by atomic mass is 16.1. The van der Waals surface area contributed by atoms with Crippen molar-refractivity contribution in [3.8, 4) is 0 Å². The molecular formula is C8H18N2O. The molecule has 0 N–H and O–H groups in total. The second-order valence-electron chi connectivity index (χ2n) is 3.49. The molecule has 0 spiro atoms. The van der Waals surface area contributed by atoms with Crippen molar-refractivity contribution in [1.82, 2.24) is 9.80 Å². The number of rotatable bonds is 5. The lowest BCUT2D eigenvalue weighted by Crippen LogP contribution is -2.34. The summed E-state index contributed by atoms with van der Waals surface area (Å²) in [5, 5.41) is 0. The maximum absolute atomic E-state index is 10.5. The molecule has 0 fully saturated rings. The highest BCUT2D eigenvalue weighted by Gasteiger charge is 2.04. The summed E-state index contributed by atoms with van der Waals surface area (Å²) in [6.45, 7) is 5.75. The Morgan fingerprint density at radius 2 is 1.91 bits per heavy atom. The predicted molar refractivity (Wildman–Crippen MR) is 46.2 cm³/mol. The molecule has 0 aliphatic heterocycles. The van der Waals surface area contributed by atoms with Crippen LogP contribution in [0, 0.1) is 5.92 Å². The number of amides is 1. The highest BCUT2D eigenvalue weighted by Crippen LogP contribution is 1.95. The fraction of sp³-hybridized carbons (Fsp3) is 0.875. The van der Waals surface area contributed by atoms with Gasteiger partial charge in [-0.3, -0.25) is 9.69 Å². The SMILES string of the molecule is CC(C)CN(C=O)CN(C)C. The summed E-state index contributed by atoms with van der Waals surface area (Å²) in [6, 6.07) is 0. The van der Waals surface area contributed by atoms with Gasteiger partial charge in [0, 0.05) is 6.54 Å². The Balaban J connectivity index is 3.67. The van der Waals surface area contributed by atoms with Gasteiger partial charge in [0.15, 0.2) is 0 Å². The van der Waals surface area contributed by atoms with Crippen molar-refractivity contribution in [1.29, 1.82) is 0 Å². The minimum Gasteiger partial charge on any atom is -0.332 e. The molecule has 0 heterocycles. The van der Waals surface area contributed by atoms with Crippen molar-refractivity contribution >= 4 is 6.41 Å². The first kappa shape index (κ1) is 10.4. The summed E-state index contributed by atoms with van der Waals surface area (Å²) < 4.78 is 0. The standard InChI is InChI=1S/C8H18N2O/c1-8(2)5-10(7-11)6-9(3)4/h7-8H,5-6H2,1-4H3. The fourth-order valence-electron chi connectivity index (χ4n) is 0.966. The van der Waals surface area contributed by atoms with E-state index in [2.05, 4.69) is 13.8 Å². The van der Waals surface area contributed by atoms with Crippen LogP contribution in [0.1, 0.15) is 13.8 Å². The van der Waals surface area contributed by atoms with Crippen molar-refractivity contribution in [2.45, 2.75) is 13.8 Å². The first-order valence-corrected chi connectivity index (χ1v) is 3.90. The summed E-state index contributed by atoms with van der Waals surface area (Å²) in [5.74, 6) is 0.542. The third-order valence-electron chi connectivity index (χ3n) is 1.21. The van der Waals surface area contributed by atoms with E-state index < -0.39 is 0 Å². The molecule has 0 aliphatic rings. The molecule has 0 atom stereocenters. The van der Waals surface area contributed by atoms with E-state index in [-0.39, 0.29) is 0 Å². The minimum atomic E-state index is 0.542. The molecule has 0 saturated heterocycles. The van der Waals surface area contributed by atoms with Crippen LogP contribution in [0.3, 0.4) is 0 Å². The van der Waals surface area contributed by atoms with E-state index in [1.165, 1.54) is 0 Å².